The molecule has 0 fully saturated rings. The van der Waals surface area contributed by atoms with Gasteiger partial charge in [-0.15, -0.1) is 0 Å². The Morgan fingerprint density at radius 1 is 1.13 bits per heavy atom. The number of methoxy groups -OCH3 is 2. The predicted molar refractivity (Wildman–Crippen MR) is 85.7 cm³/mol. The number of aryl methyl sites for hydroxylation is 1. The number of hydrogen-bond acceptors (Lipinski definition) is 6. The van der Waals surface area contributed by atoms with Crippen LogP contribution in [0.25, 0.3) is 0 Å². The minimum atomic E-state index is -1.04. The number of nitrogens with zero attached hydrogens (tertiary/aromatic N) is 1. The Bertz CT molecular complexity index is 622. The van der Waals surface area contributed by atoms with Gasteiger partial charge in [-0.25, -0.2) is 14.6 Å². The van der Waals surface area contributed by atoms with Crippen LogP contribution in [0.15, 0.2) is 0 Å². The highest BCUT2D eigenvalue weighted by Crippen LogP contribution is 2.35. The van der Waals surface area contributed by atoms with Crippen molar-refractivity contribution in [1.29, 1.82) is 0 Å². The molecule has 0 aliphatic heterocycles. The summed E-state index contributed by atoms with van der Waals surface area (Å²) in [5.41, 5.74) is 0.715. The fourth-order valence-electron chi connectivity index (χ4n) is 2.06. The van der Waals surface area contributed by atoms with Crippen molar-refractivity contribution < 1.29 is 23.8 Å². The SMILES string of the molecule is COC(=O)c1nc(C)c([C@H](OC(C)(C)C)C(=O)OC)c(Cl)c1C. The van der Waals surface area contributed by atoms with Crippen molar-refractivity contribution in [3.8, 4) is 0 Å². The molecular weight excluding hydrogens is 322 g/mol. The zero-order chi connectivity index (χ0) is 17.9. The molecule has 0 aliphatic carbocycles. The molecule has 0 bridgehead atoms. The first-order valence-corrected chi connectivity index (χ1v) is 7.41. The summed E-state index contributed by atoms with van der Waals surface area (Å²) in [7, 11) is 2.54. The van der Waals surface area contributed by atoms with E-state index in [4.69, 9.17) is 25.8 Å². The summed E-state index contributed by atoms with van der Waals surface area (Å²) in [6.45, 7) is 8.73. The van der Waals surface area contributed by atoms with Crippen molar-refractivity contribution in [3.05, 3.63) is 27.5 Å². The van der Waals surface area contributed by atoms with Crippen LogP contribution in [0.5, 0.6) is 0 Å². The van der Waals surface area contributed by atoms with E-state index in [9.17, 15) is 9.59 Å². The molecule has 128 valence electrons. The maximum absolute atomic E-state index is 12.2. The summed E-state index contributed by atoms with van der Waals surface area (Å²) < 4.78 is 15.3. The first-order chi connectivity index (χ1) is 10.5. The number of hydrogen-bond donors (Lipinski definition) is 0. The van der Waals surface area contributed by atoms with Gasteiger partial charge in [0.15, 0.2) is 11.8 Å². The Balaban J connectivity index is 3.52. The van der Waals surface area contributed by atoms with Crippen LogP contribution in [0.4, 0.5) is 0 Å². The van der Waals surface area contributed by atoms with Crippen molar-refractivity contribution in [3.63, 3.8) is 0 Å². The molecule has 0 saturated carbocycles. The second-order valence-electron chi connectivity index (χ2n) is 6.02. The van der Waals surface area contributed by atoms with Gasteiger partial charge in [0.2, 0.25) is 0 Å². The van der Waals surface area contributed by atoms with Crippen LogP contribution >= 0.6 is 11.6 Å². The fourth-order valence-corrected chi connectivity index (χ4v) is 2.39. The molecule has 1 aromatic rings. The normalized spacial score (nSPS) is 12.7. The van der Waals surface area contributed by atoms with E-state index in [-0.39, 0.29) is 10.7 Å². The van der Waals surface area contributed by atoms with E-state index in [0.29, 0.717) is 16.8 Å². The lowest BCUT2D eigenvalue weighted by molar-refractivity contribution is -0.164. The van der Waals surface area contributed by atoms with Crippen LogP contribution < -0.4 is 0 Å². The van der Waals surface area contributed by atoms with Crippen LogP contribution in [-0.4, -0.2) is 36.7 Å². The topological polar surface area (TPSA) is 74.7 Å². The number of pyridine rings is 1. The summed E-state index contributed by atoms with van der Waals surface area (Å²) in [4.78, 5) is 28.2. The van der Waals surface area contributed by atoms with Gasteiger partial charge in [0, 0.05) is 16.8 Å². The Labute approximate surface area is 141 Å². The van der Waals surface area contributed by atoms with Crippen LogP contribution in [-0.2, 0) is 19.0 Å². The molecule has 0 saturated heterocycles. The summed E-state index contributed by atoms with van der Waals surface area (Å²) in [5, 5.41) is 0.234. The second kappa shape index (κ2) is 7.27. The maximum atomic E-state index is 12.2. The lowest BCUT2D eigenvalue weighted by Gasteiger charge is -2.28. The highest BCUT2D eigenvalue weighted by atomic mass is 35.5. The smallest absolute Gasteiger partial charge is 0.356 e. The third-order valence-corrected chi connectivity index (χ3v) is 3.60. The molecule has 7 heteroatoms. The van der Waals surface area contributed by atoms with Crippen LogP contribution in [0.1, 0.15) is 54.2 Å². The molecule has 0 radical (unpaired) electrons. The Morgan fingerprint density at radius 3 is 2.13 bits per heavy atom. The number of ether oxygens (including phenoxy) is 3. The molecule has 0 amide bonds. The number of rotatable bonds is 4. The van der Waals surface area contributed by atoms with Crippen LogP contribution in [0.3, 0.4) is 0 Å². The van der Waals surface area contributed by atoms with Crippen molar-refractivity contribution >= 4 is 23.5 Å². The number of carbonyl (C=O) groups is 2. The van der Waals surface area contributed by atoms with Crippen LogP contribution in [0, 0.1) is 13.8 Å². The molecule has 0 aliphatic rings. The van der Waals surface area contributed by atoms with E-state index >= 15 is 0 Å². The zero-order valence-corrected chi connectivity index (χ0v) is 15.2. The standard InChI is InChI=1S/C16H22ClNO5/c1-8-11(17)10(9(2)18-12(8)14(19)21-6)13(15(20)22-7)23-16(3,4)5/h13H,1-7H3/t13-/m0/s1. The zero-order valence-electron chi connectivity index (χ0n) is 14.4. The summed E-state index contributed by atoms with van der Waals surface area (Å²) in [6, 6.07) is 0. The van der Waals surface area contributed by atoms with E-state index in [1.54, 1.807) is 13.8 Å². The summed E-state index contributed by atoms with van der Waals surface area (Å²) in [6.07, 6.45) is -1.04. The van der Waals surface area contributed by atoms with Crippen molar-refractivity contribution in [1.82, 2.24) is 4.98 Å². The molecule has 1 aromatic heterocycles. The predicted octanol–water partition coefficient (Wildman–Crippen LogP) is 3.17. The van der Waals surface area contributed by atoms with Gasteiger partial charge in [-0.3, -0.25) is 0 Å². The van der Waals surface area contributed by atoms with Gasteiger partial charge in [-0.05, 0) is 34.6 Å². The molecule has 1 rings (SSSR count). The molecule has 6 nitrogen and oxygen atoms in total. The largest absolute Gasteiger partial charge is 0.467 e. The lowest BCUT2D eigenvalue weighted by Crippen LogP contribution is -2.29. The van der Waals surface area contributed by atoms with Gasteiger partial charge in [0.05, 0.1) is 24.8 Å². The molecule has 0 unspecified atom stereocenters. The first kappa shape index (κ1) is 19.4. The fraction of sp³-hybridized carbons (Fsp3) is 0.562. The minimum absolute atomic E-state index is 0.109. The third-order valence-electron chi connectivity index (χ3n) is 3.12. The molecular formula is C16H22ClNO5. The Kier molecular flexibility index (Phi) is 6.13. The van der Waals surface area contributed by atoms with Crippen molar-refractivity contribution in [2.45, 2.75) is 46.3 Å². The van der Waals surface area contributed by atoms with E-state index in [0.717, 1.165) is 0 Å². The van der Waals surface area contributed by atoms with Crippen LogP contribution in [0.2, 0.25) is 5.02 Å². The maximum Gasteiger partial charge on any atom is 0.356 e. The monoisotopic (exact) mass is 343 g/mol. The van der Waals surface area contributed by atoms with Gasteiger partial charge in [-0.1, -0.05) is 11.6 Å². The van der Waals surface area contributed by atoms with E-state index in [1.807, 2.05) is 20.8 Å². The second-order valence-corrected chi connectivity index (χ2v) is 6.40. The molecule has 0 N–H and O–H groups in total. The number of aromatic nitrogens is 1. The molecule has 1 atom stereocenters. The molecule has 0 spiro atoms. The number of carbonyl (C=O) groups excluding carboxylic acids is 2. The van der Waals surface area contributed by atoms with Gasteiger partial charge in [0.1, 0.15) is 0 Å². The van der Waals surface area contributed by atoms with Crippen molar-refractivity contribution in [2.75, 3.05) is 14.2 Å². The van der Waals surface area contributed by atoms with Gasteiger partial charge < -0.3 is 14.2 Å². The Morgan fingerprint density at radius 2 is 1.70 bits per heavy atom. The summed E-state index contributed by atoms with van der Waals surface area (Å²) >= 11 is 6.39. The van der Waals surface area contributed by atoms with Crippen molar-refractivity contribution in [2.24, 2.45) is 0 Å². The number of halogens is 1. The summed E-state index contributed by atoms with van der Waals surface area (Å²) in [5.74, 6) is -1.18. The van der Waals surface area contributed by atoms with Gasteiger partial charge >= 0.3 is 11.9 Å². The molecule has 0 aromatic carbocycles. The van der Waals surface area contributed by atoms with E-state index in [1.165, 1.54) is 14.2 Å². The highest BCUT2D eigenvalue weighted by molar-refractivity contribution is 6.32. The first-order valence-electron chi connectivity index (χ1n) is 7.04. The van der Waals surface area contributed by atoms with Gasteiger partial charge in [-0.2, -0.15) is 0 Å². The molecule has 1 heterocycles. The van der Waals surface area contributed by atoms with E-state index < -0.39 is 23.6 Å². The minimum Gasteiger partial charge on any atom is -0.467 e. The Hall–Kier alpha value is -1.66. The third kappa shape index (κ3) is 4.42. The molecule has 23 heavy (non-hydrogen) atoms. The average molecular weight is 344 g/mol. The lowest BCUT2D eigenvalue weighted by atomic mass is 10.0. The van der Waals surface area contributed by atoms with Gasteiger partial charge in [0.25, 0.3) is 0 Å². The highest BCUT2D eigenvalue weighted by Gasteiger charge is 2.33. The number of esters is 2. The average Bonchev–Trinajstić information content (AvgIpc) is 2.47. The van der Waals surface area contributed by atoms with E-state index in [2.05, 4.69) is 4.98 Å². The quantitative estimate of drug-likeness (QED) is 0.782.